The molecule has 0 unspecified atom stereocenters. The number of likely N-dealkylation sites (N-methyl/N-ethyl adjacent to an activating group) is 1. The molecule has 0 saturated heterocycles. The third kappa shape index (κ3) is 4.67. The Morgan fingerprint density at radius 3 is 2.24 bits per heavy atom. The van der Waals surface area contributed by atoms with Crippen molar-refractivity contribution < 1.29 is 18.3 Å². The molecule has 0 aromatic heterocycles. The van der Waals surface area contributed by atoms with Crippen LogP contribution in [0.15, 0.2) is 24.3 Å². The van der Waals surface area contributed by atoms with E-state index in [-0.39, 0.29) is 11.7 Å². The molecule has 0 atom stereocenters. The van der Waals surface area contributed by atoms with E-state index in [4.69, 9.17) is 5.73 Å². The maximum atomic E-state index is 12.3. The second-order valence-corrected chi connectivity index (χ2v) is 5.05. The number of amides is 1. The molecule has 0 aliphatic heterocycles. The van der Waals surface area contributed by atoms with E-state index in [0.29, 0.717) is 19.4 Å². The Balaban J connectivity index is 2.70. The first-order valence-corrected chi connectivity index (χ1v) is 6.90. The molecule has 0 bridgehead atoms. The second kappa shape index (κ2) is 7.36. The van der Waals surface area contributed by atoms with E-state index in [1.54, 1.807) is 24.1 Å². The van der Waals surface area contributed by atoms with Crippen LogP contribution in [-0.4, -0.2) is 30.0 Å². The number of ether oxygens (including phenoxy) is 1. The molecule has 0 aliphatic carbocycles. The number of benzene rings is 1. The Morgan fingerprint density at radius 1 is 1.29 bits per heavy atom. The number of hydrogen-bond acceptors (Lipinski definition) is 3. The highest BCUT2D eigenvalue weighted by Crippen LogP contribution is 2.18. The summed E-state index contributed by atoms with van der Waals surface area (Å²) < 4.78 is 28.4. The van der Waals surface area contributed by atoms with Crippen LogP contribution in [0.2, 0.25) is 0 Å². The monoisotopic (exact) mass is 300 g/mol. The summed E-state index contributed by atoms with van der Waals surface area (Å²) in [6.07, 6.45) is 1.13. The number of halogens is 2. The normalized spacial score (nSPS) is 11.6. The molecule has 118 valence electrons. The first-order chi connectivity index (χ1) is 9.82. The minimum atomic E-state index is -2.84. The lowest BCUT2D eigenvalue weighted by Gasteiger charge is -2.30. The Hall–Kier alpha value is -1.69. The van der Waals surface area contributed by atoms with Crippen molar-refractivity contribution in [2.45, 2.75) is 45.4 Å². The van der Waals surface area contributed by atoms with Gasteiger partial charge in [0.2, 0.25) is 5.91 Å². The van der Waals surface area contributed by atoms with Crippen molar-refractivity contribution in [2.75, 3.05) is 7.05 Å². The summed E-state index contributed by atoms with van der Waals surface area (Å²) in [5.74, 6) is -0.0292. The average Bonchev–Trinajstić information content (AvgIpc) is 2.47. The fourth-order valence-corrected chi connectivity index (χ4v) is 2.05. The van der Waals surface area contributed by atoms with Gasteiger partial charge in [-0.2, -0.15) is 8.78 Å². The Morgan fingerprint density at radius 2 is 1.81 bits per heavy atom. The number of carbonyl (C=O) groups is 1. The van der Waals surface area contributed by atoms with Crippen LogP contribution in [0.1, 0.15) is 32.3 Å². The SMILES string of the molecule is CCC(N)(CC)C(=O)N(C)Cc1ccc(OC(F)F)cc1. The van der Waals surface area contributed by atoms with Gasteiger partial charge in [-0.3, -0.25) is 4.79 Å². The third-order valence-corrected chi connectivity index (χ3v) is 3.60. The van der Waals surface area contributed by atoms with Crippen LogP contribution >= 0.6 is 0 Å². The maximum Gasteiger partial charge on any atom is 0.387 e. The van der Waals surface area contributed by atoms with Crippen LogP contribution in [0.4, 0.5) is 8.78 Å². The van der Waals surface area contributed by atoms with Crippen LogP contribution in [0.3, 0.4) is 0 Å². The Labute approximate surface area is 123 Å². The summed E-state index contributed by atoms with van der Waals surface area (Å²) in [7, 11) is 1.68. The number of nitrogens with zero attached hydrogens (tertiary/aromatic N) is 1. The molecule has 6 heteroatoms. The summed E-state index contributed by atoms with van der Waals surface area (Å²) in [5.41, 5.74) is 6.05. The molecule has 1 amide bonds. The minimum absolute atomic E-state index is 0.0954. The van der Waals surface area contributed by atoms with Gasteiger partial charge >= 0.3 is 6.61 Å². The zero-order valence-corrected chi connectivity index (χ0v) is 12.6. The number of alkyl halides is 2. The highest BCUT2D eigenvalue weighted by molar-refractivity contribution is 5.85. The fraction of sp³-hybridized carbons (Fsp3) is 0.533. The lowest BCUT2D eigenvalue weighted by atomic mass is 9.92. The predicted molar refractivity (Wildman–Crippen MR) is 77.0 cm³/mol. The number of nitrogens with two attached hydrogens (primary N) is 1. The number of carbonyl (C=O) groups excluding carboxylic acids is 1. The molecule has 0 fully saturated rings. The van der Waals surface area contributed by atoms with Gasteiger partial charge in [0.05, 0.1) is 5.54 Å². The topological polar surface area (TPSA) is 55.6 Å². The van der Waals surface area contributed by atoms with E-state index in [0.717, 1.165) is 5.56 Å². The molecular weight excluding hydrogens is 278 g/mol. The van der Waals surface area contributed by atoms with E-state index >= 15 is 0 Å². The smallest absolute Gasteiger partial charge is 0.387 e. The molecule has 0 saturated carbocycles. The van der Waals surface area contributed by atoms with Crippen LogP contribution in [-0.2, 0) is 11.3 Å². The minimum Gasteiger partial charge on any atom is -0.435 e. The maximum absolute atomic E-state index is 12.3. The zero-order chi connectivity index (χ0) is 16.0. The van der Waals surface area contributed by atoms with Gasteiger partial charge in [0, 0.05) is 13.6 Å². The molecule has 0 aliphatic rings. The van der Waals surface area contributed by atoms with E-state index in [2.05, 4.69) is 4.74 Å². The Kier molecular flexibility index (Phi) is 6.08. The summed E-state index contributed by atoms with van der Waals surface area (Å²) in [6.45, 7) is 1.29. The van der Waals surface area contributed by atoms with Crippen LogP contribution in [0.5, 0.6) is 5.75 Å². The van der Waals surface area contributed by atoms with Crippen molar-refractivity contribution in [3.05, 3.63) is 29.8 Å². The van der Waals surface area contributed by atoms with Gasteiger partial charge in [-0.05, 0) is 30.5 Å². The van der Waals surface area contributed by atoms with Gasteiger partial charge in [-0.1, -0.05) is 26.0 Å². The number of rotatable bonds is 7. The van der Waals surface area contributed by atoms with Crippen molar-refractivity contribution in [2.24, 2.45) is 5.73 Å². The third-order valence-electron chi connectivity index (χ3n) is 3.60. The van der Waals surface area contributed by atoms with Crippen LogP contribution < -0.4 is 10.5 Å². The first-order valence-electron chi connectivity index (χ1n) is 6.90. The lowest BCUT2D eigenvalue weighted by Crippen LogP contribution is -2.53. The first kappa shape index (κ1) is 17.4. The van der Waals surface area contributed by atoms with Crippen molar-refractivity contribution in [1.29, 1.82) is 0 Å². The van der Waals surface area contributed by atoms with Gasteiger partial charge in [-0.15, -0.1) is 0 Å². The standard InChI is InChI=1S/C15H22F2N2O2/c1-4-15(18,5-2)13(20)19(3)10-11-6-8-12(9-7-11)21-14(16)17/h6-9,14H,4-5,10,18H2,1-3H3. The highest BCUT2D eigenvalue weighted by atomic mass is 19.3. The zero-order valence-electron chi connectivity index (χ0n) is 12.6. The van der Waals surface area contributed by atoms with E-state index < -0.39 is 12.2 Å². The largest absolute Gasteiger partial charge is 0.435 e. The summed E-state index contributed by atoms with van der Waals surface area (Å²) >= 11 is 0. The molecule has 1 aromatic rings. The molecule has 2 N–H and O–H groups in total. The van der Waals surface area contributed by atoms with E-state index in [1.165, 1.54) is 12.1 Å². The van der Waals surface area contributed by atoms with E-state index in [9.17, 15) is 13.6 Å². The highest BCUT2D eigenvalue weighted by Gasteiger charge is 2.32. The second-order valence-electron chi connectivity index (χ2n) is 5.05. The van der Waals surface area contributed by atoms with E-state index in [1.807, 2.05) is 13.8 Å². The quantitative estimate of drug-likeness (QED) is 0.842. The molecule has 4 nitrogen and oxygen atoms in total. The number of hydrogen-bond donors (Lipinski definition) is 1. The van der Waals surface area contributed by atoms with Crippen molar-refractivity contribution in [3.63, 3.8) is 0 Å². The van der Waals surface area contributed by atoms with Gasteiger partial charge in [0.25, 0.3) is 0 Å². The predicted octanol–water partition coefficient (Wildman–Crippen LogP) is 2.76. The summed E-state index contributed by atoms with van der Waals surface area (Å²) in [5, 5.41) is 0. The molecule has 21 heavy (non-hydrogen) atoms. The van der Waals surface area contributed by atoms with Gasteiger partial charge < -0.3 is 15.4 Å². The van der Waals surface area contributed by atoms with Crippen molar-refractivity contribution in [1.82, 2.24) is 4.90 Å². The fourth-order valence-electron chi connectivity index (χ4n) is 2.05. The lowest BCUT2D eigenvalue weighted by molar-refractivity contribution is -0.136. The molecule has 0 heterocycles. The van der Waals surface area contributed by atoms with Crippen LogP contribution in [0, 0.1) is 0 Å². The van der Waals surface area contributed by atoms with Gasteiger partial charge in [0.15, 0.2) is 0 Å². The average molecular weight is 300 g/mol. The molecule has 0 radical (unpaired) electrons. The Bertz CT molecular complexity index is 459. The summed E-state index contributed by atoms with van der Waals surface area (Å²) in [4.78, 5) is 13.9. The van der Waals surface area contributed by atoms with Gasteiger partial charge in [0.1, 0.15) is 5.75 Å². The molecule has 1 rings (SSSR count). The van der Waals surface area contributed by atoms with Gasteiger partial charge in [-0.25, -0.2) is 0 Å². The van der Waals surface area contributed by atoms with Crippen LogP contribution in [0.25, 0.3) is 0 Å². The molecule has 1 aromatic carbocycles. The molecular formula is C15H22F2N2O2. The van der Waals surface area contributed by atoms with Crippen molar-refractivity contribution >= 4 is 5.91 Å². The van der Waals surface area contributed by atoms with Crippen molar-refractivity contribution in [3.8, 4) is 5.75 Å². The summed E-state index contributed by atoms with van der Waals surface area (Å²) in [6, 6.07) is 6.21. The molecule has 0 spiro atoms.